The van der Waals surface area contributed by atoms with Crippen molar-refractivity contribution < 1.29 is 40.5 Å². The highest BCUT2D eigenvalue weighted by molar-refractivity contribution is 6.18. The maximum Gasteiger partial charge on any atom is 0.231 e. The Labute approximate surface area is 212 Å². The van der Waals surface area contributed by atoms with Crippen LogP contribution >= 0.6 is 0 Å². The Morgan fingerprint density at radius 1 is 0.943 bits per heavy atom. The van der Waals surface area contributed by atoms with Gasteiger partial charge in [0.25, 0.3) is 0 Å². The highest BCUT2D eigenvalue weighted by atomic mass is 79.9. The lowest BCUT2D eigenvalue weighted by Gasteiger charge is -2.20. The van der Waals surface area contributed by atoms with E-state index in [0.717, 1.165) is 58.5 Å². The highest BCUT2D eigenvalue weighted by Gasteiger charge is 2.31. The molecule has 7 rings (SSSR count). The third-order valence-electron chi connectivity index (χ3n) is 7.09. The lowest BCUT2D eigenvalue weighted by atomic mass is 9.88. The summed E-state index contributed by atoms with van der Waals surface area (Å²) in [6, 6.07) is 12.8. The molecule has 0 atom stereocenters. The zero-order chi connectivity index (χ0) is 22.8. The first kappa shape index (κ1) is 21.9. The van der Waals surface area contributed by atoms with Crippen molar-refractivity contribution in [2.45, 2.75) is 19.4 Å². The Bertz CT molecular complexity index is 1640. The molecule has 3 aromatic carbocycles. The molecule has 0 saturated carbocycles. The SMILES string of the molecule is COc1ccc2c(c[n+]3c4c2cc(Cc2ccncc2)c2c5c(cc(c24)CC3)OCO5)c1OC.[Br-]. The number of halogens is 1. The molecule has 0 spiro atoms. The van der Waals surface area contributed by atoms with E-state index in [1.165, 1.54) is 33.0 Å². The molecule has 7 heteroatoms. The fraction of sp³-hybridized carbons (Fsp3) is 0.214. The average Bonchev–Trinajstić information content (AvgIpc) is 3.35. The van der Waals surface area contributed by atoms with E-state index in [-0.39, 0.29) is 23.8 Å². The summed E-state index contributed by atoms with van der Waals surface area (Å²) in [5, 5.41) is 5.81. The minimum absolute atomic E-state index is 0. The Balaban J connectivity index is 0.00000229. The van der Waals surface area contributed by atoms with Crippen LogP contribution in [0.25, 0.3) is 32.4 Å². The van der Waals surface area contributed by atoms with Gasteiger partial charge in [-0.15, -0.1) is 0 Å². The summed E-state index contributed by atoms with van der Waals surface area (Å²) in [5.41, 5.74) is 4.96. The normalized spacial score (nSPS) is 13.4. The molecule has 2 aliphatic rings. The molecule has 0 radical (unpaired) electrons. The van der Waals surface area contributed by atoms with Gasteiger partial charge in [0.05, 0.1) is 30.4 Å². The van der Waals surface area contributed by atoms with Crippen molar-refractivity contribution in [3.05, 3.63) is 71.7 Å². The lowest BCUT2D eigenvalue weighted by molar-refractivity contribution is -0.670. The van der Waals surface area contributed by atoms with E-state index in [0.29, 0.717) is 0 Å². The Morgan fingerprint density at radius 3 is 2.60 bits per heavy atom. The van der Waals surface area contributed by atoms with Gasteiger partial charge in [-0.25, -0.2) is 0 Å². The number of hydrogen-bond acceptors (Lipinski definition) is 5. The van der Waals surface area contributed by atoms with Gasteiger partial charge in [0.1, 0.15) is 0 Å². The summed E-state index contributed by atoms with van der Waals surface area (Å²) in [6.07, 6.45) is 7.60. The monoisotopic (exact) mass is 530 g/mol. The molecule has 6 nitrogen and oxygen atoms in total. The molecule has 0 unspecified atom stereocenters. The van der Waals surface area contributed by atoms with Crippen molar-refractivity contribution in [2.24, 2.45) is 0 Å². The number of pyridine rings is 2. The van der Waals surface area contributed by atoms with Gasteiger partial charge in [-0.1, -0.05) is 0 Å². The van der Waals surface area contributed by atoms with Gasteiger partial charge in [-0.3, -0.25) is 4.98 Å². The van der Waals surface area contributed by atoms with Crippen LogP contribution in [0.3, 0.4) is 0 Å². The smallest absolute Gasteiger partial charge is 0.231 e. The number of rotatable bonds is 4. The van der Waals surface area contributed by atoms with Crippen LogP contribution in [0.1, 0.15) is 16.7 Å². The van der Waals surface area contributed by atoms with E-state index < -0.39 is 0 Å². The fourth-order valence-electron chi connectivity index (χ4n) is 5.63. The van der Waals surface area contributed by atoms with Crippen LogP contribution < -0.4 is 40.5 Å². The number of ether oxygens (including phenoxy) is 4. The van der Waals surface area contributed by atoms with Crippen LogP contribution in [-0.2, 0) is 19.4 Å². The Hall–Kier alpha value is -3.58. The zero-order valence-corrected chi connectivity index (χ0v) is 21.0. The first-order valence-electron chi connectivity index (χ1n) is 11.4. The van der Waals surface area contributed by atoms with Gasteiger partial charge in [-0.2, -0.15) is 4.57 Å². The summed E-state index contributed by atoms with van der Waals surface area (Å²) < 4.78 is 25.6. The summed E-state index contributed by atoms with van der Waals surface area (Å²) in [6.45, 7) is 1.15. The van der Waals surface area contributed by atoms with Crippen LogP contribution in [0.15, 0.2) is 55.0 Å². The maximum absolute atomic E-state index is 6.03. The van der Waals surface area contributed by atoms with Crippen LogP contribution in [-0.4, -0.2) is 26.0 Å². The van der Waals surface area contributed by atoms with E-state index in [4.69, 9.17) is 18.9 Å². The molecule has 5 aromatic rings. The molecule has 0 amide bonds. The average molecular weight is 531 g/mol. The second kappa shape index (κ2) is 8.27. The number of aromatic nitrogens is 2. The second-order valence-corrected chi connectivity index (χ2v) is 8.82. The first-order valence-corrected chi connectivity index (χ1v) is 11.4. The molecule has 2 aliphatic heterocycles. The van der Waals surface area contributed by atoms with Crippen molar-refractivity contribution in [1.29, 1.82) is 0 Å². The second-order valence-electron chi connectivity index (χ2n) is 8.82. The molecule has 4 heterocycles. The Kier molecular flexibility index (Phi) is 5.18. The van der Waals surface area contributed by atoms with Gasteiger partial charge in [0.15, 0.2) is 35.7 Å². The van der Waals surface area contributed by atoms with Crippen LogP contribution in [0, 0.1) is 0 Å². The topological polar surface area (TPSA) is 53.7 Å². The first-order chi connectivity index (χ1) is 16.8. The summed E-state index contributed by atoms with van der Waals surface area (Å²) >= 11 is 0. The Morgan fingerprint density at radius 2 is 1.80 bits per heavy atom. The minimum atomic E-state index is 0. The predicted molar refractivity (Wildman–Crippen MR) is 129 cm³/mol. The van der Waals surface area contributed by atoms with Crippen molar-refractivity contribution >= 4 is 32.4 Å². The van der Waals surface area contributed by atoms with E-state index in [9.17, 15) is 0 Å². The van der Waals surface area contributed by atoms with Crippen LogP contribution in [0.2, 0.25) is 0 Å². The minimum Gasteiger partial charge on any atom is -1.00 e. The molecule has 0 N–H and O–H groups in total. The van der Waals surface area contributed by atoms with E-state index in [1.807, 2.05) is 18.5 Å². The molecule has 0 fully saturated rings. The number of fused-ring (bicyclic) bond motifs is 4. The van der Waals surface area contributed by atoms with Gasteiger partial charge in [0, 0.05) is 29.6 Å². The van der Waals surface area contributed by atoms with Gasteiger partial charge < -0.3 is 35.9 Å². The number of methoxy groups -OCH3 is 2. The maximum atomic E-state index is 6.03. The summed E-state index contributed by atoms with van der Waals surface area (Å²) in [7, 11) is 3.38. The van der Waals surface area contributed by atoms with E-state index in [1.54, 1.807) is 14.2 Å². The van der Waals surface area contributed by atoms with Crippen molar-refractivity contribution in [2.75, 3.05) is 21.0 Å². The van der Waals surface area contributed by atoms with Crippen LogP contribution in [0.5, 0.6) is 23.0 Å². The molecule has 2 aromatic heterocycles. The molecular weight excluding hydrogens is 508 g/mol. The molecule has 0 bridgehead atoms. The number of nitrogens with zero attached hydrogens (tertiary/aromatic N) is 2. The molecular formula is C28H23BrN2O4. The van der Waals surface area contributed by atoms with Gasteiger partial charge in [0.2, 0.25) is 12.3 Å². The van der Waals surface area contributed by atoms with Gasteiger partial charge in [-0.05, 0) is 59.5 Å². The third-order valence-corrected chi connectivity index (χ3v) is 7.09. The van der Waals surface area contributed by atoms with E-state index >= 15 is 0 Å². The standard InChI is InChI=1S/C28H23N2O4.BrH/c1-31-22-4-3-19-20-12-18(11-16-5-8-29-9-6-16)25-24-17(13-23-28(25)34-15-33-23)7-10-30(26(20)24)14-21(19)27(22)32-2;/h3-6,8-9,12-14H,7,10-11,15H2,1-2H3;1H/q+1;/p-1. The summed E-state index contributed by atoms with van der Waals surface area (Å²) in [5.74, 6) is 3.20. The van der Waals surface area contributed by atoms with Crippen molar-refractivity contribution in [3.63, 3.8) is 0 Å². The van der Waals surface area contributed by atoms with Crippen LogP contribution in [0.4, 0.5) is 0 Å². The largest absolute Gasteiger partial charge is 1.00 e. The number of aryl methyl sites for hydroxylation is 2. The predicted octanol–water partition coefficient (Wildman–Crippen LogP) is 1.73. The van der Waals surface area contributed by atoms with Gasteiger partial charge >= 0.3 is 0 Å². The fourth-order valence-corrected chi connectivity index (χ4v) is 5.63. The number of benzene rings is 3. The zero-order valence-electron chi connectivity index (χ0n) is 19.4. The quantitative estimate of drug-likeness (QED) is 0.261. The molecule has 0 saturated heterocycles. The van der Waals surface area contributed by atoms with E-state index in [2.05, 4.69) is 46.1 Å². The molecule has 35 heavy (non-hydrogen) atoms. The molecule has 176 valence electrons. The lowest BCUT2D eigenvalue weighted by Crippen LogP contribution is -3.00. The van der Waals surface area contributed by atoms with Crippen molar-refractivity contribution in [3.8, 4) is 23.0 Å². The molecule has 0 aliphatic carbocycles. The van der Waals surface area contributed by atoms with Crippen molar-refractivity contribution in [1.82, 2.24) is 4.98 Å². The highest BCUT2D eigenvalue weighted by Crippen LogP contribution is 2.48. The third kappa shape index (κ3) is 3.14. The summed E-state index contributed by atoms with van der Waals surface area (Å²) in [4.78, 5) is 4.19. The number of hydrogen-bond donors (Lipinski definition) is 0.